The number of hydrogen-bond donors (Lipinski definition) is 1. The standard InChI is InChI=1S/C22H24O8/c1-11-14(9-28-22(11)24)19(12-5-15(23)20(27-4)16(6-12)25-2)13-7-17(26-3)21-18(8-13)29-10-30-21/h5-8,11,14,19,23H,9-10H2,1-4H3/t11-,14+,19-/m0/s1. The number of phenols is 1. The molecular formula is C22H24O8. The van der Waals surface area contributed by atoms with Gasteiger partial charge in [-0.1, -0.05) is 6.92 Å². The van der Waals surface area contributed by atoms with Crippen molar-refractivity contribution in [2.75, 3.05) is 34.7 Å². The van der Waals surface area contributed by atoms with Crippen LogP contribution in [-0.2, 0) is 9.53 Å². The van der Waals surface area contributed by atoms with Gasteiger partial charge in [0.25, 0.3) is 0 Å². The Morgan fingerprint density at radius 3 is 2.30 bits per heavy atom. The van der Waals surface area contributed by atoms with E-state index in [0.717, 1.165) is 11.1 Å². The molecule has 8 heteroatoms. The van der Waals surface area contributed by atoms with E-state index in [9.17, 15) is 9.90 Å². The highest BCUT2D eigenvalue weighted by atomic mass is 16.7. The van der Waals surface area contributed by atoms with E-state index in [-0.39, 0.29) is 48.6 Å². The van der Waals surface area contributed by atoms with Gasteiger partial charge in [0.15, 0.2) is 23.0 Å². The lowest BCUT2D eigenvalue weighted by molar-refractivity contribution is -0.140. The van der Waals surface area contributed by atoms with Crippen molar-refractivity contribution in [1.82, 2.24) is 0 Å². The Hall–Kier alpha value is -3.29. The number of rotatable bonds is 6. The highest BCUT2D eigenvalue weighted by molar-refractivity contribution is 5.75. The Bertz CT molecular complexity index is 970. The zero-order valence-corrected chi connectivity index (χ0v) is 17.3. The molecular weight excluding hydrogens is 392 g/mol. The molecule has 8 nitrogen and oxygen atoms in total. The highest BCUT2D eigenvalue weighted by Gasteiger charge is 2.41. The largest absolute Gasteiger partial charge is 0.504 e. The van der Waals surface area contributed by atoms with Gasteiger partial charge in [-0.15, -0.1) is 0 Å². The van der Waals surface area contributed by atoms with Gasteiger partial charge >= 0.3 is 5.97 Å². The maximum absolute atomic E-state index is 12.2. The van der Waals surface area contributed by atoms with Crippen molar-refractivity contribution in [3.05, 3.63) is 35.4 Å². The molecule has 0 unspecified atom stereocenters. The predicted octanol–water partition coefficient (Wildman–Crippen LogP) is 3.09. The van der Waals surface area contributed by atoms with E-state index in [0.29, 0.717) is 23.0 Å². The van der Waals surface area contributed by atoms with Crippen molar-refractivity contribution >= 4 is 5.97 Å². The second-order valence-electron chi connectivity index (χ2n) is 7.29. The molecule has 2 aliphatic rings. The number of phenolic OH excluding ortho intramolecular Hbond substituents is 1. The second kappa shape index (κ2) is 7.85. The molecule has 0 amide bonds. The third-order valence-corrected chi connectivity index (χ3v) is 5.74. The van der Waals surface area contributed by atoms with Crippen LogP contribution in [-0.4, -0.2) is 45.8 Å². The third kappa shape index (κ3) is 3.22. The lowest BCUT2D eigenvalue weighted by Gasteiger charge is -2.27. The molecule has 0 aromatic heterocycles. The van der Waals surface area contributed by atoms with Crippen LogP contribution in [0.4, 0.5) is 0 Å². The molecule has 0 saturated carbocycles. The Balaban J connectivity index is 1.89. The number of benzene rings is 2. The maximum atomic E-state index is 12.2. The van der Waals surface area contributed by atoms with Crippen LogP contribution in [0.15, 0.2) is 24.3 Å². The average molecular weight is 416 g/mol. The summed E-state index contributed by atoms with van der Waals surface area (Å²) in [6.45, 7) is 2.22. The molecule has 1 saturated heterocycles. The van der Waals surface area contributed by atoms with Gasteiger partial charge in [0.2, 0.25) is 18.3 Å². The SMILES string of the molecule is COc1cc([C@@H](c2cc(OC)c3c(c2)OCO3)[C@@H]2COC(=O)[C@H]2C)cc(O)c1OC. The van der Waals surface area contributed by atoms with E-state index in [1.165, 1.54) is 14.2 Å². The molecule has 4 rings (SSSR count). The van der Waals surface area contributed by atoms with Crippen molar-refractivity contribution in [3.8, 4) is 34.5 Å². The van der Waals surface area contributed by atoms with Crippen LogP contribution in [0.5, 0.6) is 34.5 Å². The number of ether oxygens (including phenoxy) is 6. The second-order valence-corrected chi connectivity index (χ2v) is 7.29. The third-order valence-electron chi connectivity index (χ3n) is 5.74. The number of methoxy groups -OCH3 is 3. The highest BCUT2D eigenvalue weighted by Crippen LogP contribution is 2.49. The van der Waals surface area contributed by atoms with Crippen molar-refractivity contribution in [2.24, 2.45) is 11.8 Å². The van der Waals surface area contributed by atoms with Crippen molar-refractivity contribution in [1.29, 1.82) is 0 Å². The lowest BCUT2D eigenvalue weighted by Crippen LogP contribution is -2.21. The molecule has 2 aromatic carbocycles. The first-order valence-electron chi connectivity index (χ1n) is 9.57. The van der Waals surface area contributed by atoms with Gasteiger partial charge in [-0.05, 0) is 35.4 Å². The van der Waals surface area contributed by atoms with E-state index in [1.807, 2.05) is 19.1 Å². The first-order chi connectivity index (χ1) is 14.5. The van der Waals surface area contributed by atoms with Crippen LogP contribution in [0.1, 0.15) is 24.0 Å². The molecule has 30 heavy (non-hydrogen) atoms. The maximum Gasteiger partial charge on any atom is 0.309 e. The number of aromatic hydroxyl groups is 1. The quantitative estimate of drug-likeness (QED) is 0.719. The van der Waals surface area contributed by atoms with Gasteiger partial charge in [0, 0.05) is 11.8 Å². The summed E-state index contributed by atoms with van der Waals surface area (Å²) in [5.41, 5.74) is 1.60. The van der Waals surface area contributed by atoms with Gasteiger partial charge in [-0.2, -0.15) is 0 Å². The van der Waals surface area contributed by atoms with Crippen molar-refractivity contribution in [2.45, 2.75) is 12.8 Å². The zero-order valence-electron chi connectivity index (χ0n) is 17.3. The number of esters is 1. The molecule has 1 fully saturated rings. The van der Waals surface area contributed by atoms with Crippen molar-refractivity contribution < 1.29 is 38.3 Å². The molecule has 0 radical (unpaired) electrons. The predicted molar refractivity (Wildman–Crippen MR) is 106 cm³/mol. The van der Waals surface area contributed by atoms with Crippen LogP contribution in [0.3, 0.4) is 0 Å². The van der Waals surface area contributed by atoms with Gasteiger partial charge in [-0.25, -0.2) is 0 Å². The molecule has 2 aliphatic heterocycles. The fourth-order valence-electron chi connectivity index (χ4n) is 4.17. The lowest BCUT2D eigenvalue weighted by atomic mass is 9.76. The van der Waals surface area contributed by atoms with E-state index in [2.05, 4.69) is 0 Å². The van der Waals surface area contributed by atoms with Crippen LogP contribution in [0.25, 0.3) is 0 Å². The number of fused-ring (bicyclic) bond motifs is 1. The van der Waals surface area contributed by atoms with Gasteiger partial charge in [0.1, 0.15) is 0 Å². The normalized spacial score (nSPS) is 20.6. The monoisotopic (exact) mass is 416 g/mol. The van der Waals surface area contributed by atoms with Gasteiger partial charge < -0.3 is 33.5 Å². The molecule has 0 bridgehead atoms. The number of hydrogen-bond acceptors (Lipinski definition) is 8. The van der Waals surface area contributed by atoms with Crippen LogP contribution < -0.4 is 23.7 Å². The number of carbonyl (C=O) groups excluding carboxylic acids is 1. The van der Waals surface area contributed by atoms with E-state index >= 15 is 0 Å². The van der Waals surface area contributed by atoms with Crippen molar-refractivity contribution in [3.63, 3.8) is 0 Å². The molecule has 0 aliphatic carbocycles. The molecule has 160 valence electrons. The number of carbonyl (C=O) groups is 1. The minimum Gasteiger partial charge on any atom is -0.504 e. The summed E-state index contributed by atoms with van der Waals surface area (Å²) in [4.78, 5) is 12.2. The summed E-state index contributed by atoms with van der Waals surface area (Å²) in [5.74, 6) is 1.18. The van der Waals surface area contributed by atoms with Gasteiger partial charge in [0.05, 0.1) is 33.9 Å². The minimum atomic E-state index is -0.332. The smallest absolute Gasteiger partial charge is 0.309 e. The summed E-state index contributed by atoms with van der Waals surface area (Å²) in [5, 5.41) is 10.5. The van der Waals surface area contributed by atoms with E-state index in [4.69, 9.17) is 28.4 Å². The molecule has 2 aromatic rings. The summed E-state index contributed by atoms with van der Waals surface area (Å²) in [6, 6.07) is 7.16. The minimum absolute atomic E-state index is 0.0533. The Morgan fingerprint density at radius 2 is 1.67 bits per heavy atom. The average Bonchev–Trinajstić information content (AvgIpc) is 3.35. The summed E-state index contributed by atoms with van der Waals surface area (Å²) in [6.07, 6.45) is 0. The molecule has 2 heterocycles. The molecule has 0 spiro atoms. The Labute approximate surface area is 174 Å². The zero-order chi connectivity index (χ0) is 21.4. The fourth-order valence-corrected chi connectivity index (χ4v) is 4.17. The first kappa shape index (κ1) is 20.0. The molecule has 3 atom stereocenters. The number of cyclic esters (lactones) is 1. The van der Waals surface area contributed by atoms with Crippen LogP contribution >= 0.6 is 0 Å². The van der Waals surface area contributed by atoms with Crippen LogP contribution in [0.2, 0.25) is 0 Å². The van der Waals surface area contributed by atoms with E-state index < -0.39 is 0 Å². The fraction of sp³-hybridized carbons (Fsp3) is 0.409. The summed E-state index contributed by atoms with van der Waals surface area (Å²) in [7, 11) is 4.52. The summed E-state index contributed by atoms with van der Waals surface area (Å²) < 4.78 is 32.6. The topological polar surface area (TPSA) is 92.7 Å². The molecule has 1 N–H and O–H groups in total. The Morgan fingerprint density at radius 1 is 0.967 bits per heavy atom. The first-order valence-corrected chi connectivity index (χ1v) is 9.57. The van der Waals surface area contributed by atoms with Gasteiger partial charge in [-0.3, -0.25) is 4.79 Å². The van der Waals surface area contributed by atoms with Crippen LogP contribution in [0, 0.1) is 11.8 Å². The Kier molecular flexibility index (Phi) is 5.24. The van der Waals surface area contributed by atoms with E-state index in [1.54, 1.807) is 19.2 Å². The summed E-state index contributed by atoms with van der Waals surface area (Å²) >= 11 is 0.